The number of carbonyl (C=O) groups is 2. The van der Waals surface area contributed by atoms with Crippen LogP contribution in [0.2, 0.25) is 5.15 Å². The normalized spacial score (nSPS) is 11.6. The quantitative estimate of drug-likeness (QED) is 0.867. The van der Waals surface area contributed by atoms with Crippen molar-refractivity contribution < 1.29 is 9.59 Å². The second-order valence-electron chi connectivity index (χ2n) is 6.31. The molecule has 0 aliphatic heterocycles. The maximum Gasteiger partial charge on any atom is 0.254 e. The third-order valence-electron chi connectivity index (χ3n) is 3.02. The number of amides is 2. The van der Waals surface area contributed by atoms with Gasteiger partial charge in [0, 0.05) is 22.7 Å². The van der Waals surface area contributed by atoms with Crippen LogP contribution in [-0.4, -0.2) is 34.3 Å². The molecule has 1 aromatic rings. The molecule has 0 aromatic carbocycles. The van der Waals surface area contributed by atoms with Crippen LogP contribution in [0.1, 0.15) is 50.7 Å². The standard InChI is InChI=1S/C15H22ClN3O2/c1-9(2)19(8-13(17)20)14(21)10-6-11(15(3,4)5)18-12(16)7-10/h6-7,9H,8H2,1-5H3,(H2,17,20). The molecule has 2 N–H and O–H groups in total. The molecule has 21 heavy (non-hydrogen) atoms. The molecule has 0 radical (unpaired) electrons. The lowest BCUT2D eigenvalue weighted by Gasteiger charge is -2.26. The van der Waals surface area contributed by atoms with Crippen molar-refractivity contribution in [3.63, 3.8) is 0 Å². The fourth-order valence-electron chi connectivity index (χ4n) is 1.83. The zero-order valence-electron chi connectivity index (χ0n) is 13.1. The van der Waals surface area contributed by atoms with E-state index in [2.05, 4.69) is 4.98 Å². The third-order valence-corrected chi connectivity index (χ3v) is 3.21. The first kappa shape index (κ1) is 17.4. The summed E-state index contributed by atoms with van der Waals surface area (Å²) < 4.78 is 0. The Morgan fingerprint density at radius 3 is 2.33 bits per heavy atom. The number of primary amides is 1. The SMILES string of the molecule is CC(C)N(CC(N)=O)C(=O)c1cc(Cl)nc(C(C)(C)C)c1. The van der Waals surface area contributed by atoms with Gasteiger partial charge < -0.3 is 10.6 Å². The lowest BCUT2D eigenvalue weighted by Crippen LogP contribution is -2.42. The topological polar surface area (TPSA) is 76.3 Å². The lowest BCUT2D eigenvalue weighted by molar-refractivity contribution is -0.119. The fourth-order valence-corrected chi connectivity index (χ4v) is 2.04. The summed E-state index contributed by atoms with van der Waals surface area (Å²) in [7, 11) is 0. The van der Waals surface area contributed by atoms with Crippen molar-refractivity contribution in [1.29, 1.82) is 0 Å². The summed E-state index contributed by atoms with van der Waals surface area (Å²) in [5.41, 5.74) is 6.11. The van der Waals surface area contributed by atoms with Crippen molar-refractivity contribution in [2.75, 3.05) is 6.54 Å². The number of hydrogen-bond donors (Lipinski definition) is 1. The van der Waals surface area contributed by atoms with Gasteiger partial charge in [0.25, 0.3) is 5.91 Å². The Balaban J connectivity index is 3.22. The Kier molecular flexibility index (Phi) is 5.34. The number of rotatable bonds is 4. The number of nitrogens with two attached hydrogens (primary N) is 1. The molecule has 5 nitrogen and oxygen atoms in total. The van der Waals surface area contributed by atoms with E-state index in [1.54, 1.807) is 6.07 Å². The number of aromatic nitrogens is 1. The summed E-state index contributed by atoms with van der Waals surface area (Å²) in [5, 5.41) is 0.258. The first-order valence-electron chi connectivity index (χ1n) is 6.79. The maximum atomic E-state index is 12.6. The zero-order chi connectivity index (χ0) is 16.4. The fraction of sp³-hybridized carbons (Fsp3) is 0.533. The highest BCUT2D eigenvalue weighted by molar-refractivity contribution is 6.29. The molecule has 0 atom stereocenters. The highest BCUT2D eigenvalue weighted by Gasteiger charge is 2.24. The number of hydrogen-bond acceptors (Lipinski definition) is 3. The molecule has 0 aliphatic carbocycles. The Hall–Kier alpha value is -1.62. The number of pyridine rings is 1. The smallest absolute Gasteiger partial charge is 0.254 e. The van der Waals surface area contributed by atoms with Gasteiger partial charge in [0.05, 0.1) is 6.54 Å². The Labute approximate surface area is 130 Å². The van der Waals surface area contributed by atoms with Gasteiger partial charge in [-0.1, -0.05) is 32.4 Å². The van der Waals surface area contributed by atoms with Crippen molar-refractivity contribution >= 4 is 23.4 Å². The van der Waals surface area contributed by atoms with Gasteiger partial charge in [-0.25, -0.2) is 4.98 Å². The van der Waals surface area contributed by atoms with Gasteiger partial charge in [0.1, 0.15) is 5.15 Å². The molecule has 1 heterocycles. The summed E-state index contributed by atoms with van der Waals surface area (Å²) in [6.07, 6.45) is 0. The van der Waals surface area contributed by atoms with Crippen LogP contribution < -0.4 is 5.73 Å². The molecular weight excluding hydrogens is 290 g/mol. The third kappa shape index (κ3) is 4.70. The largest absolute Gasteiger partial charge is 0.368 e. The van der Waals surface area contributed by atoms with Crippen LogP contribution in [0.3, 0.4) is 0 Å². The molecule has 6 heteroatoms. The Morgan fingerprint density at radius 2 is 1.90 bits per heavy atom. The first-order chi connectivity index (χ1) is 9.52. The molecule has 0 bridgehead atoms. The highest BCUT2D eigenvalue weighted by Crippen LogP contribution is 2.24. The minimum atomic E-state index is -0.548. The molecule has 2 amide bonds. The summed E-state index contributed by atoms with van der Waals surface area (Å²) in [6, 6.07) is 3.08. The first-order valence-corrected chi connectivity index (χ1v) is 7.17. The van der Waals surface area contributed by atoms with Crippen molar-refractivity contribution in [3.8, 4) is 0 Å². The molecular formula is C15H22ClN3O2. The minimum Gasteiger partial charge on any atom is -0.368 e. The van der Waals surface area contributed by atoms with Gasteiger partial charge in [-0.3, -0.25) is 9.59 Å². The molecule has 0 saturated heterocycles. The predicted molar refractivity (Wildman–Crippen MR) is 83.3 cm³/mol. The molecule has 0 fully saturated rings. The lowest BCUT2D eigenvalue weighted by atomic mass is 9.90. The molecule has 0 aliphatic rings. The van der Waals surface area contributed by atoms with Crippen LogP contribution >= 0.6 is 11.6 Å². The van der Waals surface area contributed by atoms with Crippen LogP contribution in [0.4, 0.5) is 0 Å². The predicted octanol–water partition coefficient (Wildman–Crippen LogP) is 2.37. The average molecular weight is 312 g/mol. The van der Waals surface area contributed by atoms with Crippen LogP contribution in [0.5, 0.6) is 0 Å². The van der Waals surface area contributed by atoms with E-state index >= 15 is 0 Å². The van der Waals surface area contributed by atoms with Gasteiger partial charge in [-0.2, -0.15) is 0 Å². The van der Waals surface area contributed by atoms with E-state index in [-0.39, 0.29) is 29.1 Å². The molecule has 0 spiro atoms. The van der Waals surface area contributed by atoms with Crippen LogP contribution in [0.15, 0.2) is 12.1 Å². The van der Waals surface area contributed by atoms with E-state index in [4.69, 9.17) is 17.3 Å². The second kappa shape index (κ2) is 6.43. The second-order valence-corrected chi connectivity index (χ2v) is 6.69. The molecule has 116 valence electrons. The number of carbonyl (C=O) groups excluding carboxylic acids is 2. The minimum absolute atomic E-state index is 0.124. The van der Waals surface area contributed by atoms with E-state index in [0.717, 1.165) is 5.69 Å². The van der Waals surface area contributed by atoms with Gasteiger partial charge in [0.2, 0.25) is 5.91 Å². The van der Waals surface area contributed by atoms with Crippen molar-refractivity contribution in [1.82, 2.24) is 9.88 Å². The van der Waals surface area contributed by atoms with Gasteiger partial charge >= 0.3 is 0 Å². The van der Waals surface area contributed by atoms with E-state index in [1.165, 1.54) is 11.0 Å². The van der Waals surface area contributed by atoms with E-state index in [9.17, 15) is 9.59 Å². The van der Waals surface area contributed by atoms with E-state index < -0.39 is 5.91 Å². The average Bonchev–Trinajstić information content (AvgIpc) is 2.32. The summed E-state index contributed by atoms with van der Waals surface area (Å²) >= 11 is 6.02. The summed E-state index contributed by atoms with van der Waals surface area (Å²) in [4.78, 5) is 29.4. The molecule has 1 rings (SSSR count). The van der Waals surface area contributed by atoms with E-state index in [0.29, 0.717) is 5.56 Å². The van der Waals surface area contributed by atoms with Crippen molar-refractivity contribution in [2.45, 2.75) is 46.1 Å². The van der Waals surface area contributed by atoms with Gasteiger partial charge in [-0.15, -0.1) is 0 Å². The number of halogens is 1. The molecule has 0 saturated carbocycles. The molecule has 0 unspecified atom stereocenters. The zero-order valence-corrected chi connectivity index (χ0v) is 13.9. The van der Waals surface area contributed by atoms with Crippen LogP contribution in [-0.2, 0) is 10.2 Å². The molecule has 1 aromatic heterocycles. The highest BCUT2D eigenvalue weighted by atomic mass is 35.5. The van der Waals surface area contributed by atoms with Crippen LogP contribution in [0, 0.1) is 0 Å². The maximum absolute atomic E-state index is 12.6. The number of nitrogens with zero attached hydrogens (tertiary/aromatic N) is 2. The van der Waals surface area contributed by atoms with Crippen molar-refractivity contribution in [2.24, 2.45) is 5.73 Å². The Morgan fingerprint density at radius 1 is 1.33 bits per heavy atom. The Bertz CT molecular complexity index is 550. The van der Waals surface area contributed by atoms with Crippen LogP contribution in [0.25, 0.3) is 0 Å². The van der Waals surface area contributed by atoms with E-state index in [1.807, 2.05) is 34.6 Å². The van der Waals surface area contributed by atoms with Gasteiger partial charge in [0.15, 0.2) is 0 Å². The summed E-state index contributed by atoms with van der Waals surface area (Å²) in [5.74, 6) is -0.827. The van der Waals surface area contributed by atoms with Crippen molar-refractivity contribution in [3.05, 3.63) is 28.5 Å². The monoisotopic (exact) mass is 311 g/mol. The van der Waals surface area contributed by atoms with Gasteiger partial charge in [-0.05, 0) is 26.0 Å². The summed E-state index contributed by atoms with van der Waals surface area (Å²) in [6.45, 7) is 9.50.